The Bertz CT molecular complexity index is 1360. The van der Waals surface area contributed by atoms with Gasteiger partial charge in [0.25, 0.3) is 0 Å². The Kier molecular flexibility index (Phi) is 6.87. The molecule has 1 atom stereocenters. The van der Waals surface area contributed by atoms with Gasteiger partial charge in [-0.05, 0) is 61.7 Å². The Morgan fingerprint density at radius 2 is 2.03 bits per heavy atom. The maximum atomic E-state index is 13.6. The van der Waals surface area contributed by atoms with Crippen LogP contribution in [0.3, 0.4) is 0 Å². The van der Waals surface area contributed by atoms with Gasteiger partial charge in [-0.2, -0.15) is 13.2 Å². The second kappa shape index (κ2) is 10.1. The van der Waals surface area contributed by atoms with E-state index in [2.05, 4.69) is 15.2 Å². The molecule has 2 aromatic heterocycles. The molecule has 2 bridgehead atoms. The van der Waals surface area contributed by atoms with Gasteiger partial charge < -0.3 is 20.1 Å². The van der Waals surface area contributed by atoms with Crippen molar-refractivity contribution < 1.29 is 27.8 Å². The number of fused-ring (bicyclic) bond motifs is 4. The SMILES string of the molecule is Cc1cc(-c2nc3c(cc2C)N2CCC(C2)N3C(=O)Nc2ccnc(OCCCO)c2)cc(C(F)(F)F)c1. The zero-order valence-electron chi connectivity index (χ0n) is 21.0. The molecule has 2 amide bonds. The fraction of sp³-hybridized carbons (Fsp3) is 0.370. The second-order valence-electron chi connectivity index (χ2n) is 9.58. The van der Waals surface area contributed by atoms with Gasteiger partial charge in [-0.15, -0.1) is 0 Å². The lowest BCUT2D eigenvalue weighted by molar-refractivity contribution is -0.137. The number of nitrogens with zero attached hydrogens (tertiary/aromatic N) is 4. The van der Waals surface area contributed by atoms with Crippen LogP contribution in [-0.4, -0.2) is 53.5 Å². The minimum atomic E-state index is -4.48. The number of hydrogen-bond acceptors (Lipinski definition) is 6. The zero-order valence-corrected chi connectivity index (χ0v) is 21.0. The van der Waals surface area contributed by atoms with Gasteiger partial charge in [0.1, 0.15) is 0 Å². The summed E-state index contributed by atoms with van der Waals surface area (Å²) in [6, 6.07) is 8.50. The molecule has 0 saturated carbocycles. The molecule has 38 heavy (non-hydrogen) atoms. The molecule has 4 heterocycles. The number of carbonyl (C=O) groups excluding carboxylic acids is 1. The van der Waals surface area contributed by atoms with Gasteiger partial charge in [0, 0.05) is 49.6 Å². The fourth-order valence-electron chi connectivity index (χ4n) is 4.97. The van der Waals surface area contributed by atoms with E-state index in [1.165, 1.54) is 6.20 Å². The van der Waals surface area contributed by atoms with Crippen molar-refractivity contribution in [2.45, 2.75) is 38.9 Å². The number of aliphatic hydroxyl groups excluding tert-OH is 1. The number of halogens is 3. The van der Waals surface area contributed by atoms with Crippen LogP contribution >= 0.6 is 0 Å². The summed E-state index contributed by atoms with van der Waals surface area (Å²) in [7, 11) is 0. The Hall–Kier alpha value is -3.86. The van der Waals surface area contributed by atoms with Crippen molar-refractivity contribution in [3.63, 3.8) is 0 Å². The number of aliphatic hydroxyl groups is 1. The summed E-state index contributed by atoms with van der Waals surface area (Å²) in [6.07, 6.45) is -1.77. The number of aromatic nitrogens is 2. The van der Waals surface area contributed by atoms with Crippen molar-refractivity contribution in [3.05, 3.63) is 59.3 Å². The van der Waals surface area contributed by atoms with Crippen LogP contribution in [0.2, 0.25) is 0 Å². The molecule has 1 unspecified atom stereocenters. The normalized spacial score (nSPS) is 16.4. The number of alkyl halides is 3. The van der Waals surface area contributed by atoms with Gasteiger partial charge in [-0.1, -0.05) is 0 Å². The Balaban J connectivity index is 1.49. The standard InChI is InChI=1S/C27H28F3N5O3/c1-16-10-18(13-19(11-16)27(28,29)30)24-17(2)12-22-25(33-24)35(21-5-7-34(22)15-21)26(37)32-20-4-6-31-23(14-20)38-9-3-8-36/h4,6,10-14,21,36H,3,5,7-9,15H2,1-2H3,(H,31,32,37). The molecular weight excluding hydrogens is 499 g/mol. The lowest BCUT2D eigenvalue weighted by atomic mass is 10.00. The number of benzene rings is 1. The molecule has 8 nitrogen and oxygen atoms in total. The highest BCUT2D eigenvalue weighted by atomic mass is 19.4. The van der Waals surface area contributed by atoms with Gasteiger partial charge >= 0.3 is 12.2 Å². The number of aryl methyl sites for hydroxylation is 2. The van der Waals surface area contributed by atoms with Crippen LogP contribution in [0, 0.1) is 13.8 Å². The summed E-state index contributed by atoms with van der Waals surface area (Å²) in [5, 5.41) is 11.8. The van der Waals surface area contributed by atoms with Crippen molar-refractivity contribution in [1.29, 1.82) is 0 Å². The molecule has 1 aromatic carbocycles. The number of hydrogen-bond donors (Lipinski definition) is 2. The molecular formula is C27H28F3N5O3. The molecule has 0 aliphatic carbocycles. The van der Waals surface area contributed by atoms with Crippen LogP contribution < -0.4 is 19.9 Å². The molecule has 3 aromatic rings. The number of anilines is 3. The number of pyridine rings is 2. The zero-order chi connectivity index (χ0) is 27.0. The van der Waals surface area contributed by atoms with Crippen LogP contribution in [0.15, 0.2) is 42.6 Å². The highest BCUT2D eigenvalue weighted by Gasteiger charge is 2.41. The monoisotopic (exact) mass is 527 g/mol. The Morgan fingerprint density at radius 3 is 2.79 bits per heavy atom. The number of rotatable bonds is 6. The number of urea groups is 1. The smallest absolute Gasteiger partial charge is 0.416 e. The van der Waals surface area contributed by atoms with Gasteiger partial charge in [0.2, 0.25) is 5.88 Å². The summed E-state index contributed by atoms with van der Waals surface area (Å²) in [6.45, 7) is 5.13. The summed E-state index contributed by atoms with van der Waals surface area (Å²) >= 11 is 0. The van der Waals surface area contributed by atoms with E-state index in [1.54, 1.807) is 30.0 Å². The molecule has 200 valence electrons. The number of nitrogens with one attached hydrogen (secondary N) is 1. The maximum Gasteiger partial charge on any atom is 0.416 e. The van der Waals surface area contributed by atoms with Crippen LogP contribution in [0.5, 0.6) is 5.88 Å². The third kappa shape index (κ3) is 5.10. The van der Waals surface area contributed by atoms with E-state index in [1.807, 2.05) is 13.0 Å². The Morgan fingerprint density at radius 1 is 1.21 bits per heavy atom. The van der Waals surface area contributed by atoms with Crippen molar-refractivity contribution in [3.8, 4) is 17.1 Å². The van der Waals surface area contributed by atoms with Crippen LogP contribution in [0.25, 0.3) is 11.3 Å². The molecule has 11 heteroatoms. The number of carbonyl (C=O) groups is 1. The first-order chi connectivity index (χ1) is 18.1. The van der Waals surface area contributed by atoms with Crippen molar-refractivity contribution in [1.82, 2.24) is 9.97 Å². The van der Waals surface area contributed by atoms with Gasteiger partial charge in [-0.3, -0.25) is 4.90 Å². The lowest BCUT2D eigenvalue weighted by Crippen LogP contribution is -2.48. The van der Waals surface area contributed by atoms with E-state index in [0.717, 1.165) is 36.3 Å². The predicted octanol–water partition coefficient (Wildman–Crippen LogP) is 5.17. The first kappa shape index (κ1) is 25.8. The lowest BCUT2D eigenvalue weighted by Gasteiger charge is -2.36. The highest BCUT2D eigenvalue weighted by Crippen LogP contribution is 2.42. The quantitative estimate of drug-likeness (QED) is 0.430. The van der Waals surface area contributed by atoms with E-state index in [9.17, 15) is 18.0 Å². The van der Waals surface area contributed by atoms with E-state index in [0.29, 0.717) is 53.8 Å². The van der Waals surface area contributed by atoms with Gasteiger partial charge in [-0.25, -0.2) is 14.8 Å². The minimum absolute atomic E-state index is 0.00225. The largest absolute Gasteiger partial charge is 0.478 e. The number of amides is 2. The molecule has 1 saturated heterocycles. The van der Waals surface area contributed by atoms with Crippen molar-refractivity contribution >= 4 is 23.2 Å². The molecule has 0 radical (unpaired) electrons. The molecule has 2 N–H and O–H groups in total. The van der Waals surface area contributed by atoms with Gasteiger partial charge in [0.05, 0.1) is 29.6 Å². The molecule has 0 spiro atoms. The average molecular weight is 528 g/mol. The maximum absolute atomic E-state index is 13.6. The van der Waals surface area contributed by atoms with Gasteiger partial charge in [0.15, 0.2) is 5.82 Å². The van der Waals surface area contributed by atoms with Crippen molar-refractivity contribution in [2.75, 3.05) is 41.4 Å². The van der Waals surface area contributed by atoms with Crippen LogP contribution in [0.1, 0.15) is 29.5 Å². The number of ether oxygens (including phenoxy) is 1. The molecule has 2 aliphatic heterocycles. The summed E-state index contributed by atoms with van der Waals surface area (Å²) in [4.78, 5) is 26.3. The fourth-order valence-corrected chi connectivity index (χ4v) is 4.97. The van der Waals surface area contributed by atoms with E-state index < -0.39 is 17.8 Å². The summed E-state index contributed by atoms with van der Waals surface area (Å²) < 4.78 is 46.1. The predicted molar refractivity (Wildman–Crippen MR) is 138 cm³/mol. The third-order valence-corrected chi connectivity index (χ3v) is 6.71. The molecule has 1 fully saturated rings. The van der Waals surface area contributed by atoms with E-state index in [4.69, 9.17) is 14.8 Å². The average Bonchev–Trinajstić information content (AvgIpc) is 3.28. The van der Waals surface area contributed by atoms with E-state index in [-0.39, 0.29) is 12.6 Å². The van der Waals surface area contributed by atoms with E-state index >= 15 is 0 Å². The summed E-state index contributed by atoms with van der Waals surface area (Å²) in [5.74, 6) is 0.735. The van der Waals surface area contributed by atoms with Crippen molar-refractivity contribution in [2.24, 2.45) is 0 Å². The van der Waals surface area contributed by atoms with Crippen LogP contribution in [0.4, 0.5) is 35.2 Å². The highest BCUT2D eigenvalue weighted by molar-refractivity contribution is 6.05. The molecule has 2 aliphatic rings. The molecule has 5 rings (SSSR count). The Labute approximate surface area is 218 Å². The first-order valence-electron chi connectivity index (χ1n) is 12.4. The minimum Gasteiger partial charge on any atom is -0.478 e. The second-order valence-corrected chi connectivity index (χ2v) is 9.58. The topological polar surface area (TPSA) is 90.8 Å². The first-order valence-corrected chi connectivity index (χ1v) is 12.4. The summed E-state index contributed by atoms with van der Waals surface area (Å²) in [5.41, 5.74) is 2.48. The van der Waals surface area contributed by atoms with Crippen LogP contribution in [-0.2, 0) is 6.18 Å². The third-order valence-electron chi connectivity index (χ3n) is 6.71.